The molecule has 4 nitrogen and oxygen atoms in total. The third kappa shape index (κ3) is 3.77. The zero-order chi connectivity index (χ0) is 15.2. The predicted molar refractivity (Wildman–Crippen MR) is 79.9 cm³/mol. The summed E-state index contributed by atoms with van der Waals surface area (Å²) in [5.41, 5.74) is 5.17. The van der Waals surface area contributed by atoms with E-state index in [4.69, 9.17) is 4.84 Å². The van der Waals surface area contributed by atoms with Crippen molar-refractivity contribution in [2.75, 3.05) is 0 Å². The molecule has 0 fully saturated rings. The number of carbonyl (C=O) groups excluding carboxylic acids is 2. The molecule has 108 valence electrons. The van der Waals surface area contributed by atoms with Gasteiger partial charge in [0, 0.05) is 5.56 Å². The molecular formula is C17H17NO3. The lowest BCUT2D eigenvalue weighted by atomic mass is 10.0. The molecule has 0 heterocycles. The molecule has 0 spiro atoms. The van der Waals surface area contributed by atoms with Gasteiger partial charge >= 0.3 is 0 Å². The first-order chi connectivity index (χ1) is 10.1. The largest absolute Gasteiger partial charge is 0.294 e. The van der Waals surface area contributed by atoms with Crippen LogP contribution in [0.5, 0.6) is 0 Å². The van der Waals surface area contributed by atoms with Crippen LogP contribution in [0, 0.1) is 6.92 Å². The molecule has 0 unspecified atom stereocenters. The Hall–Kier alpha value is -2.46. The zero-order valence-corrected chi connectivity index (χ0v) is 12.1. The van der Waals surface area contributed by atoms with Crippen molar-refractivity contribution in [2.24, 2.45) is 0 Å². The third-order valence-corrected chi connectivity index (χ3v) is 3.20. The Kier molecular flexibility index (Phi) is 4.85. The Balaban J connectivity index is 2.00. The van der Waals surface area contributed by atoms with E-state index >= 15 is 0 Å². The predicted octanol–water partition coefficient (Wildman–Crippen LogP) is 3.06. The molecule has 21 heavy (non-hydrogen) atoms. The minimum Gasteiger partial charge on any atom is -0.294 e. The number of amides is 1. The molecule has 1 N–H and O–H groups in total. The number of benzene rings is 2. The Bertz CT molecular complexity index is 665. The number of rotatable bonds is 5. The van der Waals surface area contributed by atoms with Crippen molar-refractivity contribution in [1.82, 2.24) is 5.48 Å². The van der Waals surface area contributed by atoms with Crippen molar-refractivity contribution >= 4 is 11.7 Å². The van der Waals surface area contributed by atoms with Crippen LogP contribution in [-0.4, -0.2) is 11.7 Å². The normalized spacial score (nSPS) is 10.2. The molecule has 4 heteroatoms. The van der Waals surface area contributed by atoms with Gasteiger partial charge in [0.25, 0.3) is 5.91 Å². The zero-order valence-electron chi connectivity index (χ0n) is 12.1. The van der Waals surface area contributed by atoms with Gasteiger partial charge in [0.15, 0.2) is 5.78 Å². The number of nitrogens with one attached hydrogen (secondary N) is 1. The number of ketones is 1. The second-order valence-electron chi connectivity index (χ2n) is 4.75. The van der Waals surface area contributed by atoms with Crippen LogP contribution in [0.3, 0.4) is 0 Å². The summed E-state index contributed by atoms with van der Waals surface area (Å²) in [7, 11) is 0. The summed E-state index contributed by atoms with van der Waals surface area (Å²) in [6.45, 7) is 3.69. The van der Waals surface area contributed by atoms with E-state index in [1.54, 1.807) is 24.3 Å². The summed E-state index contributed by atoms with van der Waals surface area (Å²) in [6.07, 6.45) is 0. The van der Waals surface area contributed by atoms with E-state index in [1.807, 2.05) is 31.2 Å². The van der Waals surface area contributed by atoms with Crippen LogP contribution < -0.4 is 5.48 Å². The van der Waals surface area contributed by atoms with Gasteiger partial charge < -0.3 is 0 Å². The van der Waals surface area contributed by atoms with Crippen LogP contribution in [-0.2, 0) is 11.4 Å². The molecule has 0 radical (unpaired) electrons. The Morgan fingerprint density at radius 1 is 1.00 bits per heavy atom. The molecule has 2 rings (SSSR count). The number of hydrogen-bond donors (Lipinski definition) is 1. The Morgan fingerprint density at radius 3 is 2.29 bits per heavy atom. The smallest absolute Gasteiger partial charge is 0.275 e. The molecule has 0 aliphatic carbocycles. The SMILES string of the molecule is CC(=O)c1ccccc1C(=O)NOCc1ccccc1C. The van der Waals surface area contributed by atoms with E-state index in [-0.39, 0.29) is 12.4 Å². The Morgan fingerprint density at radius 2 is 1.62 bits per heavy atom. The highest BCUT2D eigenvalue weighted by atomic mass is 16.6. The first-order valence-electron chi connectivity index (χ1n) is 6.66. The average molecular weight is 283 g/mol. The molecule has 0 saturated heterocycles. The quantitative estimate of drug-likeness (QED) is 0.677. The number of hydroxylamine groups is 1. The first-order valence-corrected chi connectivity index (χ1v) is 6.66. The summed E-state index contributed by atoms with van der Waals surface area (Å²) in [6, 6.07) is 14.4. The maximum Gasteiger partial charge on any atom is 0.275 e. The summed E-state index contributed by atoms with van der Waals surface area (Å²) < 4.78 is 0. The maximum absolute atomic E-state index is 12.1. The van der Waals surface area contributed by atoms with E-state index in [0.29, 0.717) is 11.1 Å². The highest BCUT2D eigenvalue weighted by Crippen LogP contribution is 2.10. The van der Waals surface area contributed by atoms with Crippen molar-refractivity contribution in [2.45, 2.75) is 20.5 Å². The molecule has 0 aliphatic heterocycles. The van der Waals surface area contributed by atoms with Crippen molar-refractivity contribution in [1.29, 1.82) is 0 Å². The number of aryl methyl sites for hydroxylation is 1. The van der Waals surface area contributed by atoms with Gasteiger partial charge in [-0.05, 0) is 31.0 Å². The van der Waals surface area contributed by atoms with Crippen LogP contribution in [0.4, 0.5) is 0 Å². The van der Waals surface area contributed by atoms with Gasteiger partial charge in [0.1, 0.15) is 6.61 Å². The monoisotopic (exact) mass is 283 g/mol. The summed E-state index contributed by atoms with van der Waals surface area (Å²) in [5, 5.41) is 0. The fraction of sp³-hybridized carbons (Fsp3) is 0.176. The summed E-state index contributed by atoms with van der Waals surface area (Å²) in [4.78, 5) is 28.8. The minimum absolute atomic E-state index is 0.153. The summed E-state index contributed by atoms with van der Waals surface area (Å²) >= 11 is 0. The molecule has 2 aromatic rings. The Labute approximate surface area is 123 Å². The van der Waals surface area contributed by atoms with Gasteiger partial charge in [0.2, 0.25) is 0 Å². The third-order valence-electron chi connectivity index (χ3n) is 3.20. The number of carbonyl (C=O) groups is 2. The molecule has 0 aromatic heterocycles. The van der Waals surface area contributed by atoms with Gasteiger partial charge in [-0.25, -0.2) is 5.48 Å². The van der Waals surface area contributed by atoms with Gasteiger partial charge in [0.05, 0.1) is 5.56 Å². The standard InChI is InChI=1S/C17H17NO3/c1-12-7-3-4-8-14(12)11-21-18-17(20)16-10-6-5-9-15(16)13(2)19/h3-10H,11H2,1-2H3,(H,18,20). The van der Waals surface area contributed by atoms with Gasteiger partial charge in [-0.1, -0.05) is 42.5 Å². The fourth-order valence-corrected chi connectivity index (χ4v) is 1.99. The lowest BCUT2D eigenvalue weighted by molar-refractivity contribution is 0.0231. The van der Waals surface area contributed by atoms with E-state index in [1.165, 1.54) is 6.92 Å². The van der Waals surface area contributed by atoms with E-state index in [9.17, 15) is 9.59 Å². The van der Waals surface area contributed by atoms with Crippen LogP contribution in [0.2, 0.25) is 0 Å². The van der Waals surface area contributed by atoms with E-state index < -0.39 is 5.91 Å². The van der Waals surface area contributed by atoms with Crippen molar-refractivity contribution in [3.8, 4) is 0 Å². The number of Topliss-reactive ketones (excluding diaryl/α,β-unsaturated/α-hetero) is 1. The van der Waals surface area contributed by atoms with Gasteiger partial charge in [-0.3, -0.25) is 14.4 Å². The van der Waals surface area contributed by atoms with Crippen LogP contribution in [0.25, 0.3) is 0 Å². The van der Waals surface area contributed by atoms with Crippen molar-refractivity contribution < 1.29 is 14.4 Å². The molecule has 0 saturated carbocycles. The highest BCUT2D eigenvalue weighted by Gasteiger charge is 2.13. The minimum atomic E-state index is -0.422. The molecule has 0 aliphatic rings. The van der Waals surface area contributed by atoms with Crippen LogP contribution in [0.1, 0.15) is 38.8 Å². The van der Waals surface area contributed by atoms with E-state index in [0.717, 1.165) is 11.1 Å². The average Bonchev–Trinajstić information content (AvgIpc) is 2.49. The second-order valence-corrected chi connectivity index (χ2v) is 4.75. The molecule has 0 atom stereocenters. The number of hydrogen-bond acceptors (Lipinski definition) is 3. The van der Waals surface area contributed by atoms with Crippen molar-refractivity contribution in [3.05, 3.63) is 70.8 Å². The maximum atomic E-state index is 12.1. The fourth-order valence-electron chi connectivity index (χ4n) is 1.99. The molecule has 2 aromatic carbocycles. The molecule has 1 amide bonds. The van der Waals surface area contributed by atoms with Gasteiger partial charge in [-0.15, -0.1) is 0 Å². The highest BCUT2D eigenvalue weighted by molar-refractivity contribution is 6.06. The van der Waals surface area contributed by atoms with Crippen LogP contribution in [0.15, 0.2) is 48.5 Å². The van der Waals surface area contributed by atoms with Crippen LogP contribution >= 0.6 is 0 Å². The lowest BCUT2D eigenvalue weighted by Gasteiger charge is -2.09. The van der Waals surface area contributed by atoms with E-state index in [2.05, 4.69) is 5.48 Å². The topological polar surface area (TPSA) is 55.4 Å². The van der Waals surface area contributed by atoms with Gasteiger partial charge in [-0.2, -0.15) is 0 Å². The molecular weight excluding hydrogens is 266 g/mol. The van der Waals surface area contributed by atoms with Crippen molar-refractivity contribution in [3.63, 3.8) is 0 Å². The first kappa shape index (κ1) is 14.9. The second kappa shape index (κ2) is 6.81. The molecule has 0 bridgehead atoms. The summed E-state index contributed by atoms with van der Waals surface area (Å²) in [5.74, 6) is -0.575. The lowest BCUT2D eigenvalue weighted by Crippen LogP contribution is -2.25.